The van der Waals surface area contributed by atoms with Crippen LogP contribution < -0.4 is 10.6 Å². The first-order valence-electron chi connectivity index (χ1n) is 7.58. The summed E-state index contributed by atoms with van der Waals surface area (Å²) in [6.45, 7) is 5.13. The second-order valence-corrected chi connectivity index (χ2v) is 5.41. The third-order valence-corrected chi connectivity index (χ3v) is 3.86. The molecule has 0 aliphatic carbocycles. The van der Waals surface area contributed by atoms with Crippen LogP contribution in [0.4, 0.5) is 13.2 Å². The Morgan fingerprint density at radius 1 is 1.23 bits per heavy atom. The van der Waals surface area contributed by atoms with E-state index in [1.54, 1.807) is 0 Å². The molecular weight excluding hydrogens is 301 g/mol. The molecule has 0 spiro atoms. The monoisotopic (exact) mass is 324 g/mol. The van der Waals surface area contributed by atoms with Crippen LogP contribution in [0, 0.1) is 5.92 Å². The van der Waals surface area contributed by atoms with Crippen LogP contribution in [-0.2, 0) is 14.3 Å². The third kappa shape index (κ3) is 5.47. The zero-order valence-corrected chi connectivity index (χ0v) is 12.8. The normalized spacial score (nSPS) is 19.3. The molecule has 0 radical (unpaired) electrons. The minimum Gasteiger partial charge on any atom is -0.446 e. The zero-order valence-electron chi connectivity index (χ0n) is 12.8. The van der Waals surface area contributed by atoms with E-state index in [-0.39, 0.29) is 18.4 Å². The largest absolute Gasteiger partial charge is 0.490 e. The maximum atomic E-state index is 12.2. The molecule has 1 saturated heterocycles. The zero-order chi connectivity index (χ0) is 16.8. The van der Waals surface area contributed by atoms with Gasteiger partial charge in [0.15, 0.2) is 6.10 Å². The third-order valence-electron chi connectivity index (χ3n) is 3.86. The number of nitrogens with one attached hydrogen (secondary N) is 2. The van der Waals surface area contributed by atoms with E-state index in [9.17, 15) is 22.8 Å². The van der Waals surface area contributed by atoms with E-state index in [1.807, 2.05) is 6.92 Å². The van der Waals surface area contributed by atoms with Crippen molar-refractivity contribution in [3.05, 3.63) is 0 Å². The molecule has 0 aromatic heterocycles. The van der Waals surface area contributed by atoms with Gasteiger partial charge in [0.1, 0.15) is 0 Å². The first-order valence-corrected chi connectivity index (χ1v) is 7.58. The highest BCUT2D eigenvalue weighted by atomic mass is 19.4. The number of esters is 1. The standard InChI is InChI=1S/C14H23F3N2O3/c1-3-10(9-5-7-18-8-6-9)19-12(20)11(4-2)22-13(21)14(15,16)17/h9-11,18H,3-8H2,1-2H3,(H,19,20). The summed E-state index contributed by atoms with van der Waals surface area (Å²) in [5.41, 5.74) is 0. The first kappa shape index (κ1) is 18.7. The van der Waals surface area contributed by atoms with E-state index in [1.165, 1.54) is 6.92 Å². The number of hydrogen-bond donors (Lipinski definition) is 2. The van der Waals surface area contributed by atoms with Crippen LogP contribution in [0.5, 0.6) is 0 Å². The molecule has 1 aliphatic heterocycles. The van der Waals surface area contributed by atoms with Crippen LogP contribution in [-0.4, -0.2) is 43.3 Å². The van der Waals surface area contributed by atoms with Crippen molar-refractivity contribution >= 4 is 11.9 Å². The number of rotatable bonds is 6. The van der Waals surface area contributed by atoms with Gasteiger partial charge in [-0.2, -0.15) is 13.2 Å². The molecule has 2 atom stereocenters. The van der Waals surface area contributed by atoms with Crippen LogP contribution in [0.2, 0.25) is 0 Å². The van der Waals surface area contributed by atoms with Crippen molar-refractivity contribution in [3.63, 3.8) is 0 Å². The molecule has 1 fully saturated rings. The molecule has 0 aromatic rings. The average molecular weight is 324 g/mol. The molecule has 1 heterocycles. The van der Waals surface area contributed by atoms with E-state index < -0.39 is 24.2 Å². The number of ether oxygens (including phenoxy) is 1. The number of halogens is 3. The van der Waals surface area contributed by atoms with Crippen molar-refractivity contribution < 1.29 is 27.5 Å². The average Bonchev–Trinajstić information content (AvgIpc) is 2.49. The number of piperidine rings is 1. The Labute approximate surface area is 128 Å². The molecule has 0 bridgehead atoms. The summed E-state index contributed by atoms with van der Waals surface area (Å²) in [7, 11) is 0. The first-order chi connectivity index (χ1) is 10.3. The van der Waals surface area contributed by atoms with Gasteiger partial charge < -0.3 is 15.4 Å². The van der Waals surface area contributed by atoms with Gasteiger partial charge >= 0.3 is 12.1 Å². The van der Waals surface area contributed by atoms with Gasteiger partial charge in [0.2, 0.25) is 0 Å². The summed E-state index contributed by atoms with van der Waals surface area (Å²) >= 11 is 0. The molecule has 128 valence electrons. The van der Waals surface area contributed by atoms with E-state index in [2.05, 4.69) is 15.4 Å². The van der Waals surface area contributed by atoms with Gasteiger partial charge in [-0.3, -0.25) is 4.79 Å². The lowest BCUT2D eigenvalue weighted by molar-refractivity contribution is -0.205. The molecule has 5 nitrogen and oxygen atoms in total. The summed E-state index contributed by atoms with van der Waals surface area (Å²) in [4.78, 5) is 22.9. The molecule has 0 saturated carbocycles. The minimum absolute atomic E-state index is 0.00366. The predicted molar refractivity (Wildman–Crippen MR) is 74.0 cm³/mol. The molecule has 2 unspecified atom stereocenters. The van der Waals surface area contributed by atoms with Crippen LogP contribution >= 0.6 is 0 Å². The fourth-order valence-electron chi connectivity index (χ4n) is 2.59. The van der Waals surface area contributed by atoms with Gasteiger partial charge in [0, 0.05) is 6.04 Å². The fourth-order valence-corrected chi connectivity index (χ4v) is 2.59. The molecule has 2 N–H and O–H groups in total. The van der Waals surface area contributed by atoms with Crippen molar-refractivity contribution in [2.75, 3.05) is 13.1 Å². The second-order valence-electron chi connectivity index (χ2n) is 5.41. The summed E-state index contributed by atoms with van der Waals surface area (Å²) in [5, 5.41) is 5.95. The van der Waals surface area contributed by atoms with Gasteiger partial charge in [-0.05, 0) is 44.7 Å². The van der Waals surface area contributed by atoms with Crippen LogP contribution in [0.3, 0.4) is 0 Å². The van der Waals surface area contributed by atoms with E-state index in [0.717, 1.165) is 25.9 Å². The van der Waals surface area contributed by atoms with Crippen molar-refractivity contribution in [1.82, 2.24) is 10.6 Å². The Morgan fingerprint density at radius 3 is 2.27 bits per heavy atom. The molecule has 1 aliphatic rings. The highest BCUT2D eigenvalue weighted by molar-refractivity contribution is 5.85. The van der Waals surface area contributed by atoms with Gasteiger partial charge in [-0.25, -0.2) is 4.79 Å². The summed E-state index contributed by atoms with van der Waals surface area (Å²) < 4.78 is 40.9. The molecule has 0 aromatic carbocycles. The smallest absolute Gasteiger partial charge is 0.446 e. The van der Waals surface area contributed by atoms with Crippen LogP contribution in [0.25, 0.3) is 0 Å². The highest BCUT2D eigenvalue weighted by Gasteiger charge is 2.43. The van der Waals surface area contributed by atoms with Gasteiger partial charge in [-0.15, -0.1) is 0 Å². The van der Waals surface area contributed by atoms with Gasteiger partial charge in [0.05, 0.1) is 0 Å². The Kier molecular flexibility index (Phi) is 7.12. The lowest BCUT2D eigenvalue weighted by Crippen LogP contribution is -2.48. The Bertz CT molecular complexity index is 382. The molecule has 1 amide bonds. The van der Waals surface area contributed by atoms with Crippen LogP contribution in [0.1, 0.15) is 39.5 Å². The second kappa shape index (κ2) is 8.36. The van der Waals surface area contributed by atoms with E-state index >= 15 is 0 Å². The lowest BCUT2D eigenvalue weighted by atomic mass is 9.88. The molecule has 22 heavy (non-hydrogen) atoms. The van der Waals surface area contributed by atoms with E-state index in [4.69, 9.17) is 0 Å². The maximum absolute atomic E-state index is 12.2. The predicted octanol–water partition coefficient (Wildman–Crippen LogP) is 1.76. The number of amides is 1. The van der Waals surface area contributed by atoms with Gasteiger partial charge in [0.25, 0.3) is 5.91 Å². The van der Waals surface area contributed by atoms with Crippen molar-refractivity contribution in [2.24, 2.45) is 5.92 Å². The Balaban J connectivity index is 2.60. The number of carbonyl (C=O) groups is 2. The number of hydrogen-bond acceptors (Lipinski definition) is 4. The van der Waals surface area contributed by atoms with E-state index in [0.29, 0.717) is 6.42 Å². The highest BCUT2D eigenvalue weighted by Crippen LogP contribution is 2.20. The van der Waals surface area contributed by atoms with Crippen molar-refractivity contribution in [2.45, 2.75) is 57.9 Å². The quantitative estimate of drug-likeness (QED) is 0.731. The van der Waals surface area contributed by atoms with Gasteiger partial charge in [-0.1, -0.05) is 13.8 Å². The summed E-state index contributed by atoms with van der Waals surface area (Å²) in [6, 6.07) is -0.117. The van der Waals surface area contributed by atoms with Crippen molar-refractivity contribution in [1.29, 1.82) is 0 Å². The summed E-state index contributed by atoms with van der Waals surface area (Å²) in [6.07, 6.45) is -4.02. The number of alkyl halides is 3. The maximum Gasteiger partial charge on any atom is 0.490 e. The lowest BCUT2D eigenvalue weighted by Gasteiger charge is -2.31. The number of carbonyl (C=O) groups excluding carboxylic acids is 2. The molecule has 8 heteroatoms. The molecule has 1 rings (SSSR count). The fraction of sp³-hybridized carbons (Fsp3) is 0.857. The SMILES string of the molecule is CCC(OC(=O)C(F)(F)F)C(=O)NC(CC)C1CCNCC1. The summed E-state index contributed by atoms with van der Waals surface area (Å²) in [5.74, 6) is -2.71. The van der Waals surface area contributed by atoms with Crippen LogP contribution in [0.15, 0.2) is 0 Å². The minimum atomic E-state index is -5.09. The van der Waals surface area contributed by atoms with Crippen molar-refractivity contribution in [3.8, 4) is 0 Å². The topological polar surface area (TPSA) is 67.4 Å². The molecular formula is C14H23F3N2O3. The Morgan fingerprint density at radius 2 is 1.82 bits per heavy atom. The Hall–Kier alpha value is -1.31.